The van der Waals surface area contributed by atoms with Gasteiger partial charge in [0.05, 0.1) is 30.1 Å². The molecule has 0 aromatic rings. The van der Waals surface area contributed by atoms with Gasteiger partial charge >= 0.3 is 30.0 Å². The summed E-state index contributed by atoms with van der Waals surface area (Å²) < 4.78 is 35.3. The predicted molar refractivity (Wildman–Crippen MR) is 201 cm³/mol. The molecule has 0 spiro atoms. The molecular formula is C41H63NO15. The third-order valence-electron chi connectivity index (χ3n) is 12.1. The Bertz CT molecular complexity index is 1650. The normalized spacial score (nSPS) is 34.3. The molecule has 11 atom stereocenters. The molecule has 4 rings (SSSR count). The van der Waals surface area contributed by atoms with Gasteiger partial charge in [-0.05, 0) is 64.0 Å². The van der Waals surface area contributed by atoms with Gasteiger partial charge in [0.25, 0.3) is 0 Å². The zero-order valence-corrected chi connectivity index (χ0v) is 35.5. The Hall–Kier alpha value is -3.60. The molecule has 1 heterocycles. The van der Waals surface area contributed by atoms with E-state index in [0.717, 1.165) is 13.8 Å². The number of nitrogens with one attached hydrogen (secondary N) is 1. The number of ether oxygens (including phenoxy) is 6. The number of Topliss-reactive ketones (excluding diaryl/α,β-unsaturated/α-hetero) is 1. The average Bonchev–Trinajstić information content (AvgIpc) is 3.03. The highest BCUT2D eigenvalue weighted by Gasteiger charge is 2.78. The standard InChI is InChI=1S/C41H63NO15/c1-19(2)14-24(42-36(50)57-37(8,9)10)30(47)35(49)54-25-17-41(51)34(55-28(46)15-20(3)4)32-39(13,26(45)16-27-40(32,18-52-27)56-23(7)44)33(48)31(53-22(6)43)29(21(25)5)38(41,11)12/h19-20,24-27,30-32,34,45,47,51H,14-18H2,1-13H3,(H,42,50)/t24-,25-,26-,27+,30+,31+,32?,34-,39+,40-,41+/m0/s1. The summed E-state index contributed by atoms with van der Waals surface area (Å²) in [5, 5.41) is 39.4. The molecule has 4 aliphatic rings. The number of hydrogen-bond donors (Lipinski definition) is 4. The first-order valence-electron chi connectivity index (χ1n) is 19.7. The van der Waals surface area contributed by atoms with Gasteiger partial charge in [0.15, 0.2) is 23.6 Å². The number of hydrogen-bond acceptors (Lipinski definition) is 15. The molecule has 0 aromatic heterocycles. The Morgan fingerprint density at radius 2 is 1.58 bits per heavy atom. The van der Waals surface area contributed by atoms with Crippen LogP contribution in [0.5, 0.6) is 0 Å². The van der Waals surface area contributed by atoms with Gasteiger partial charge in [-0.15, -0.1) is 0 Å². The highest BCUT2D eigenvalue weighted by Crippen LogP contribution is 2.64. The second-order valence-corrected chi connectivity index (χ2v) is 18.8. The number of carbonyl (C=O) groups excluding carboxylic acids is 6. The Balaban J connectivity index is 1.96. The number of fused-ring (bicyclic) bond motifs is 5. The number of ketones is 1. The van der Waals surface area contributed by atoms with Crippen molar-refractivity contribution in [3.05, 3.63) is 11.1 Å². The molecule has 1 unspecified atom stereocenters. The number of rotatable bonds is 11. The molecule has 3 aliphatic carbocycles. The Kier molecular flexibility index (Phi) is 13.1. The zero-order chi connectivity index (χ0) is 43.4. The number of alkyl carbamates (subject to hydrolysis) is 1. The molecule has 3 fully saturated rings. The van der Waals surface area contributed by atoms with Gasteiger partial charge in [-0.1, -0.05) is 41.5 Å². The van der Waals surface area contributed by atoms with Gasteiger partial charge < -0.3 is 49.1 Å². The van der Waals surface area contributed by atoms with Crippen LogP contribution in [0.15, 0.2) is 11.1 Å². The smallest absolute Gasteiger partial charge is 0.407 e. The second kappa shape index (κ2) is 16.2. The molecular weight excluding hydrogens is 746 g/mol. The minimum atomic E-state index is -2.31. The summed E-state index contributed by atoms with van der Waals surface area (Å²) in [7, 11) is 0. The summed E-state index contributed by atoms with van der Waals surface area (Å²) in [4.78, 5) is 81.6. The van der Waals surface area contributed by atoms with Crippen molar-refractivity contribution in [2.45, 2.75) is 175 Å². The van der Waals surface area contributed by atoms with Crippen LogP contribution in [0.25, 0.3) is 0 Å². The van der Waals surface area contributed by atoms with Gasteiger partial charge in [0, 0.05) is 38.5 Å². The third kappa shape index (κ3) is 8.60. The van der Waals surface area contributed by atoms with Crippen molar-refractivity contribution in [3.63, 3.8) is 0 Å². The van der Waals surface area contributed by atoms with Crippen molar-refractivity contribution in [2.75, 3.05) is 6.61 Å². The topological polar surface area (TPSA) is 231 Å². The van der Waals surface area contributed by atoms with Crippen molar-refractivity contribution < 1.29 is 72.5 Å². The van der Waals surface area contributed by atoms with Gasteiger partial charge in [-0.25, -0.2) is 9.59 Å². The first kappa shape index (κ1) is 46.1. The van der Waals surface area contributed by atoms with Gasteiger partial charge in [0.2, 0.25) is 0 Å². The Morgan fingerprint density at radius 3 is 2.07 bits per heavy atom. The molecule has 322 valence electrons. The van der Waals surface area contributed by atoms with E-state index in [-0.39, 0.29) is 48.9 Å². The molecule has 2 saturated carbocycles. The van der Waals surface area contributed by atoms with E-state index in [9.17, 15) is 39.3 Å². The van der Waals surface area contributed by atoms with Gasteiger partial charge in [-0.2, -0.15) is 0 Å². The fourth-order valence-corrected chi connectivity index (χ4v) is 9.39. The van der Waals surface area contributed by atoms with E-state index in [1.165, 1.54) is 13.8 Å². The largest absolute Gasteiger partial charge is 0.459 e. The molecule has 16 heteroatoms. The number of amides is 1. The molecule has 4 N–H and O–H groups in total. The fraction of sp³-hybridized carbons (Fsp3) is 0.805. The maximum absolute atomic E-state index is 15.3. The van der Waals surface area contributed by atoms with Crippen LogP contribution < -0.4 is 5.32 Å². The van der Waals surface area contributed by atoms with Crippen LogP contribution in [-0.4, -0.2) is 117 Å². The van der Waals surface area contributed by atoms with Gasteiger partial charge in [-0.3, -0.25) is 19.2 Å². The lowest BCUT2D eigenvalue weighted by Gasteiger charge is -2.67. The van der Waals surface area contributed by atoms with E-state index in [2.05, 4.69) is 5.32 Å². The molecule has 0 aromatic carbocycles. The first-order valence-corrected chi connectivity index (χ1v) is 19.7. The maximum Gasteiger partial charge on any atom is 0.407 e. The second-order valence-electron chi connectivity index (χ2n) is 18.8. The molecule has 0 radical (unpaired) electrons. The van der Waals surface area contributed by atoms with E-state index in [4.69, 9.17) is 28.4 Å². The number of esters is 4. The minimum absolute atomic E-state index is 0.0275. The summed E-state index contributed by atoms with van der Waals surface area (Å²) in [6, 6.07) is -1.17. The van der Waals surface area contributed by atoms with Crippen LogP contribution in [0.3, 0.4) is 0 Å². The van der Waals surface area contributed by atoms with E-state index in [1.54, 1.807) is 48.5 Å². The molecule has 1 amide bonds. The number of carbonyl (C=O) groups is 6. The van der Waals surface area contributed by atoms with Crippen LogP contribution >= 0.6 is 0 Å². The fourth-order valence-electron chi connectivity index (χ4n) is 9.39. The van der Waals surface area contributed by atoms with Crippen molar-refractivity contribution >= 4 is 35.8 Å². The highest BCUT2D eigenvalue weighted by atomic mass is 16.6. The quantitative estimate of drug-likeness (QED) is 0.133. The molecule has 16 nitrogen and oxygen atoms in total. The minimum Gasteiger partial charge on any atom is -0.459 e. The van der Waals surface area contributed by atoms with Crippen molar-refractivity contribution in [3.8, 4) is 0 Å². The van der Waals surface area contributed by atoms with Crippen LogP contribution in [0, 0.1) is 28.6 Å². The van der Waals surface area contributed by atoms with Gasteiger partial charge in [0.1, 0.15) is 29.5 Å². The highest BCUT2D eigenvalue weighted by molar-refractivity contribution is 5.95. The van der Waals surface area contributed by atoms with Crippen molar-refractivity contribution in [1.82, 2.24) is 5.32 Å². The predicted octanol–water partition coefficient (Wildman–Crippen LogP) is 3.24. The van der Waals surface area contributed by atoms with Crippen molar-refractivity contribution in [1.29, 1.82) is 0 Å². The lowest BCUT2D eigenvalue weighted by Crippen LogP contribution is -2.82. The maximum atomic E-state index is 15.3. The van der Waals surface area contributed by atoms with E-state index < -0.39 is 118 Å². The summed E-state index contributed by atoms with van der Waals surface area (Å²) in [6.45, 7) is 20.3. The summed E-state index contributed by atoms with van der Waals surface area (Å²) in [5.74, 6) is -6.22. The Labute approximate surface area is 334 Å². The third-order valence-corrected chi connectivity index (χ3v) is 12.1. The molecule has 2 bridgehead atoms. The number of aliphatic hydroxyl groups is 3. The lowest BCUT2D eigenvalue weighted by molar-refractivity contribution is -0.347. The summed E-state index contributed by atoms with van der Waals surface area (Å²) in [6.07, 6.45) is -10.9. The van der Waals surface area contributed by atoms with Crippen LogP contribution in [0.4, 0.5) is 4.79 Å². The van der Waals surface area contributed by atoms with E-state index in [0.29, 0.717) is 0 Å². The molecule has 57 heavy (non-hydrogen) atoms. The lowest BCUT2D eigenvalue weighted by atomic mass is 9.44. The average molecular weight is 810 g/mol. The number of aliphatic hydroxyl groups excluding tert-OH is 2. The summed E-state index contributed by atoms with van der Waals surface area (Å²) in [5.41, 5.74) is -8.29. The zero-order valence-electron chi connectivity index (χ0n) is 35.5. The van der Waals surface area contributed by atoms with E-state index >= 15 is 4.79 Å². The van der Waals surface area contributed by atoms with Crippen LogP contribution in [-0.2, 0) is 52.4 Å². The SMILES string of the molecule is CC(=O)O[C@H]1C(=O)[C@@]2(C)C([C@H](OC(=O)CC(C)C)[C@]3(O)C[C@H](OC(=O)[C@H](O)[C@H](CC(C)C)NC(=O)OC(C)(C)C)C(C)=C1C3(C)C)[C@]1(OC(C)=O)CO[C@@H]1C[C@@H]2O. The van der Waals surface area contributed by atoms with Crippen LogP contribution in [0.1, 0.15) is 116 Å². The Morgan fingerprint density at radius 1 is 0.965 bits per heavy atom. The monoisotopic (exact) mass is 809 g/mol. The van der Waals surface area contributed by atoms with Crippen LogP contribution in [0.2, 0.25) is 0 Å². The van der Waals surface area contributed by atoms with Crippen molar-refractivity contribution in [2.24, 2.45) is 28.6 Å². The molecule has 1 saturated heterocycles. The molecule has 1 aliphatic heterocycles. The summed E-state index contributed by atoms with van der Waals surface area (Å²) >= 11 is 0. The first-order chi connectivity index (χ1) is 26.0. The van der Waals surface area contributed by atoms with E-state index in [1.807, 2.05) is 13.8 Å².